The van der Waals surface area contributed by atoms with Crippen LogP contribution >= 0.6 is 15.9 Å². The highest BCUT2D eigenvalue weighted by molar-refractivity contribution is 9.10. The minimum atomic E-state index is -0.338. The van der Waals surface area contributed by atoms with Crippen molar-refractivity contribution in [3.8, 4) is 0 Å². The van der Waals surface area contributed by atoms with Gasteiger partial charge in [0.2, 0.25) is 0 Å². The summed E-state index contributed by atoms with van der Waals surface area (Å²) in [7, 11) is 0. The smallest absolute Gasteiger partial charge is 0.137 e. The van der Waals surface area contributed by atoms with Crippen molar-refractivity contribution in [1.82, 2.24) is 0 Å². The number of hydrogen-bond donors (Lipinski definition) is 1. The van der Waals surface area contributed by atoms with E-state index in [9.17, 15) is 8.78 Å². The Kier molecular flexibility index (Phi) is 4.15. The van der Waals surface area contributed by atoms with Gasteiger partial charge in [0, 0.05) is 12.2 Å². The molecule has 1 N–H and O–H groups in total. The van der Waals surface area contributed by atoms with Gasteiger partial charge in [-0.15, -0.1) is 0 Å². The highest BCUT2D eigenvalue weighted by Gasteiger charge is 1.99. The van der Waals surface area contributed by atoms with E-state index in [0.29, 0.717) is 17.4 Å². The van der Waals surface area contributed by atoms with Crippen LogP contribution in [0.3, 0.4) is 0 Å². The molecule has 1 nitrogen and oxygen atoms in total. The molecule has 4 heteroatoms. The van der Waals surface area contributed by atoms with E-state index in [4.69, 9.17) is 0 Å². The minimum Gasteiger partial charge on any atom is -0.385 e. The Hall–Kier alpha value is -0.640. The summed E-state index contributed by atoms with van der Waals surface area (Å²) in [5.41, 5.74) is 0.793. The highest BCUT2D eigenvalue weighted by Crippen LogP contribution is 2.19. The SMILES string of the molecule is FCCCNc1ccc(F)c(Br)c1. The van der Waals surface area contributed by atoms with Crippen molar-refractivity contribution < 1.29 is 8.78 Å². The van der Waals surface area contributed by atoms with E-state index in [1.54, 1.807) is 12.1 Å². The molecule has 0 aliphatic heterocycles. The standard InChI is InChI=1S/C9H10BrF2N/c10-8-6-7(2-3-9(8)12)13-5-1-4-11/h2-3,6,13H,1,4-5H2. The van der Waals surface area contributed by atoms with Crippen LogP contribution in [0.15, 0.2) is 22.7 Å². The van der Waals surface area contributed by atoms with Crippen LogP contribution < -0.4 is 5.32 Å². The van der Waals surface area contributed by atoms with Crippen molar-refractivity contribution in [2.75, 3.05) is 18.5 Å². The average Bonchev–Trinajstić information content (AvgIpc) is 2.12. The van der Waals surface area contributed by atoms with Crippen LogP contribution in [-0.2, 0) is 0 Å². The first-order valence-electron chi connectivity index (χ1n) is 3.99. The normalized spacial score (nSPS) is 10.1. The largest absolute Gasteiger partial charge is 0.385 e. The van der Waals surface area contributed by atoms with E-state index in [0.717, 1.165) is 5.69 Å². The van der Waals surface area contributed by atoms with Crippen molar-refractivity contribution in [2.24, 2.45) is 0 Å². The molecule has 0 bridgehead atoms. The molecule has 0 unspecified atom stereocenters. The molecular formula is C9H10BrF2N. The Morgan fingerprint density at radius 3 is 2.77 bits per heavy atom. The molecule has 0 aromatic heterocycles. The van der Waals surface area contributed by atoms with Crippen molar-refractivity contribution in [2.45, 2.75) is 6.42 Å². The lowest BCUT2D eigenvalue weighted by atomic mass is 10.3. The fourth-order valence-corrected chi connectivity index (χ4v) is 1.28. The van der Waals surface area contributed by atoms with Gasteiger partial charge in [0.25, 0.3) is 0 Å². The molecule has 0 amide bonds. The zero-order valence-corrected chi connectivity index (χ0v) is 8.57. The first kappa shape index (κ1) is 10.4. The van der Waals surface area contributed by atoms with Gasteiger partial charge in [-0.3, -0.25) is 4.39 Å². The summed E-state index contributed by atoms with van der Waals surface area (Å²) in [6.45, 7) is 0.226. The van der Waals surface area contributed by atoms with E-state index in [-0.39, 0.29) is 12.5 Å². The fourth-order valence-electron chi connectivity index (χ4n) is 0.906. The lowest BCUT2D eigenvalue weighted by Crippen LogP contribution is -2.02. The molecule has 0 heterocycles. The minimum absolute atomic E-state index is 0.295. The molecule has 0 aliphatic rings. The fraction of sp³-hybridized carbons (Fsp3) is 0.333. The molecule has 0 saturated heterocycles. The quantitative estimate of drug-likeness (QED) is 0.808. The summed E-state index contributed by atoms with van der Waals surface area (Å²) >= 11 is 3.07. The number of rotatable bonds is 4. The van der Waals surface area contributed by atoms with E-state index in [2.05, 4.69) is 21.2 Å². The second kappa shape index (κ2) is 5.17. The molecule has 0 aliphatic carbocycles. The molecule has 0 spiro atoms. The topological polar surface area (TPSA) is 12.0 Å². The van der Waals surface area contributed by atoms with Crippen LogP contribution in [0.1, 0.15) is 6.42 Å². The predicted octanol–water partition coefficient (Wildman–Crippen LogP) is 3.36. The van der Waals surface area contributed by atoms with Gasteiger partial charge in [-0.1, -0.05) is 0 Å². The Balaban J connectivity index is 2.53. The summed E-state index contributed by atoms with van der Waals surface area (Å²) in [6, 6.07) is 4.62. The van der Waals surface area contributed by atoms with E-state index < -0.39 is 0 Å². The molecule has 1 aromatic rings. The monoisotopic (exact) mass is 249 g/mol. The molecular weight excluding hydrogens is 240 g/mol. The molecule has 0 fully saturated rings. The van der Waals surface area contributed by atoms with E-state index in [1.165, 1.54) is 6.07 Å². The van der Waals surface area contributed by atoms with Gasteiger partial charge >= 0.3 is 0 Å². The maximum atomic E-state index is 12.8. The van der Waals surface area contributed by atoms with Crippen LogP contribution in [-0.4, -0.2) is 13.2 Å². The van der Waals surface area contributed by atoms with Crippen LogP contribution in [0, 0.1) is 5.82 Å². The Labute approximate surface area is 84.3 Å². The Morgan fingerprint density at radius 1 is 1.38 bits per heavy atom. The predicted molar refractivity (Wildman–Crippen MR) is 53.2 cm³/mol. The maximum absolute atomic E-state index is 12.8. The number of benzene rings is 1. The van der Waals surface area contributed by atoms with Gasteiger partial charge in [-0.2, -0.15) is 0 Å². The molecule has 0 saturated carbocycles. The first-order valence-corrected chi connectivity index (χ1v) is 4.78. The second-order valence-electron chi connectivity index (χ2n) is 2.60. The molecule has 1 aromatic carbocycles. The average molecular weight is 250 g/mol. The molecule has 13 heavy (non-hydrogen) atoms. The van der Waals surface area contributed by atoms with Gasteiger partial charge < -0.3 is 5.32 Å². The molecule has 1 rings (SSSR count). The third-order valence-electron chi connectivity index (χ3n) is 1.56. The van der Waals surface area contributed by atoms with E-state index in [1.807, 2.05) is 0 Å². The summed E-state index contributed by atoms with van der Waals surface area (Å²) in [4.78, 5) is 0. The number of anilines is 1. The van der Waals surface area contributed by atoms with Crippen LogP contribution in [0.2, 0.25) is 0 Å². The van der Waals surface area contributed by atoms with E-state index >= 15 is 0 Å². The van der Waals surface area contributed by atoms with Crippen LogP contribution in [0.25, 0.3) is 0 Å². The third-order valence-corrected chi connectivity index (χ3v) is 2.17. The summed E-state index contributed by atoms with van der Waals surface area (Å²) in [6.07, 6.45) is 0.467. The summed E-state index contributed by atoms with van der Waals surface area (Å²) in [5.74, 6) is -0.295. The van der Waals surface area contributed by atoms with Gasteiger partial charge in [0.1, 0.15) is 5.82 Å². The number of hydrogen-bond acceptors (Lipinski definition) is 1. The first-order chi connectivity index (χ1) is 6.24. The van der Waals surface area contributed by atoms with Crippen LogP contribution in [0.5, 0.6) is 0 Å². The van der Waals surface area contributed by atoms with Crippen molar-refractivity contribution in [3.63, 3.8) is 0 Å². The van der Waals surface area contributed by atoms with Crippen molar-refractivity contribution >= 4 is 21.6 Å². The molecule has 72 valence electrons. The zero-order chi connectivity index (χ0) is 9.68. The molecule has 0 radical (unpaired) electrons. The number of nitrogens with one attached hydrogen (secondary N) is 1. The van der Waals surface area contributed by atoms with Gasteiger partial charge in [-0.05, 0) is 40.5 Å². The lowest BCUT2D eigenvalue weighted by molar-refractivity contribution is 0.481. The summed E-state index contributed by atoms with van der Waals surface area (Å²) < 4.78 is 24.9. The Morgan fingerprint density at radius 2 is 2.15 bits per heavy atom. The number of alkyl halides is 1. The van der Waals surface area contributed by atoms with Crippen molar-refractivity contribution in [3.05, 3.63) is 28.5 Å². The van der Waals surface area contributed by atoms with Gasteiger partial charge in [0.05, 0.1) is 11.1 Å². The highest BCUT2D eigenvalue weighted by atomic mass is 79.9. The lowest BCUT2D eigenvalue weighted by Gasteiger charge is -2.05. The van der Waals surface area contributed by atoms with Gasteiger partial charge in [0.15, 0.2) is 0 Å². The molecule has 0 atom stereocenters. The summed E-state index contributed by atoms with van der Waals surface area (Å²) in [5, 5.41) is 2.98. The Bertz CT molecular complexity index is 278. The second-order valence-corrected chi connectivity index (χ2v) is 3.45. The van der Waals surface area contributed by atoms with Gasteiger partial charge in [-0.25, -0.2) is 4.39 Å². The zero-order valence-electron chi connectivity index (χ0n) is 6.99. The van der Waals surface area contributed by atoms with Crippen molar-refractivity contribution in [1.29, 1.82) is 0 Å². The number of halogens is 3. The van der Waals surface area contributed by atoms with Crippen LogP contribution in [0.4, 0.5) is 14.5 Å². The third kappa shape index (κ3) is 3.30. The maximum Gasteiger partial charge on any atom is 0.137 e.